The van der Waals surface area contributed by atoms with Crippen LogP contribution in [0.4, 0.5) is 0 Å². The SMILES string of the molecule is Cc1ccc(OCC(=O)N2CCCN(C(=O)c3ccccc3Cl)CC2)cc1. The summed E-state index contributed by atoms with van der Waals surface area (Å²) in [5, 5.41) is 0.450. The van der Waals surface area contributed by atoms with Gasteiger partial charge in [0.1, 0.15) is 5.75 Å². The average Bonchev–Trinajstić information content (AvgIpc) is 2.93. The number of carbonyl (C=O) groups excluding carboxylic acids is 2. The van der Waals surface area contributed by atoms with Gasteiger partial charge in [-0.15, -0.1) is 0 Å². The van der Waals surface area contributed by atoms with Crippen molar-refractivity contribution >= 4 is 23.4 Å². The zero-order valence-electron chi connectivity index (χ0n) is 15.4. The van der Waals surface area contributed by atoms with E-state index < -0.39 is 0 Å². The molecule has 2 amide bonds. The van der Waals surface area contributed by atoms with Crippen LogP contribution in [0.25, 0.3) is 0 Å². The van der Waals surface area contributed by atoms with Gasteiger partial charge < -0.3 is 14.5 Å². The molecule has 0 spiro atoms. The lowest BCUT2D eigenvalue weighted by Crippen LogP contribution is -2.39. The molecule has 142 valence electrons. The minimum Gasteiger partial charge on any atom is -0.484 e. The van der Waals surface area contributed by atoms with E-state index in [-0.39, 0.29) is 18.4 Å². The number of hydrogen-bond donors (Lipinski definition) is 0. The summed E-state index contributed by atoms with van der Waals surface area (Å²) in [6.45, 7) is 4.20. The summed E-state index contributed by atoms with van der Waals surface area (Å²) in [4.78, 5) is 28.7. The maximum Gasteiger partial charge on any atom is 0.260 e. The van der Waals surface area contributed by atoms with Crippen LogP contribution in [0.1, 0.15) is 22.3 Å². The third kappa shape index (κ3) is 5.01. The largest absolute Gasteiger partial charge is 0.484 e. The normalized spacial score (nSPS) is 14.6. The molecule has 0 unspecified atom stereocenters. The van der Waals surface area contributed by atoms with Gasteiger partial charge in [-0.05, 0) is 37.6 Å². The topological polar surface area (TPSA) is 49.9 Å². The van der Waals surface area contributed by atoms with Gasteiger partial charge in [0.25, 0.3) is 11.8 Å². The van der Waals surface area contributed by atoms with Crippen molar-refractivity contribution in [3.8, 4) is 5.75 Å². The fraction of sp³-hybridized carbons (Fsp3) is 0.333. The van der Waals surface area contributed by atoms with Crippen LogP contribution < -0.4 is 4.74 Å². The Morgan fingerprint density at radius 2 is 1.63 bits per heavy atom. The fourth-order valence-corrected chi connectivity index (χ4v) is 3.26. The minimum atomic E-state index is -0.0918. The molecule has 1 aliphatic heterocycles. The van der Waals surface area contributed by atoms with Gasteiger partial charge >= 0.3 is 0 Å². The molecule has 1 heterocycles. The van der Waals surface area contributed by atoms with E-state index in [2.05, 4.69) is 0 Å². The number of carbonyl (C=O) groups is 2. The van der Waals surface area contributed by atoms with Crippen molar-refractivity contribution in [3.05, 3.63) is 64.7 Å². The Balaban J connectivity index is 1.54. The molecule has 0 radical (unpaired) electrons. The number of halogens is 1. The van der Waals surface area contributed by atoms with Crippen molar-refractivity contribution < 1.29 is 14.3 Å². The Hall–Kier alpha value is -2.53. The van der Waals surface area contributed by atoms with Crippen molar-refractivity contribution in [2.45, 2.75) is 13.3 Å². The first-order chi connectivity index (χ1) is 13.0. The van der Waals surface area contributed by atoms with Crippen molar-refractivity contribution in [2.75, 3.05) is 32.8 Å². The number of rotatable bonds is 4. The molecule has 5 nitrogen and oxygen atoms in total. The lowest BCUT2D eigenvalue weighted by molar-refractivity contribution is -0.133. The molecule has 0 atom stereocenters. The Morgan fingerprint density at radius 3 is 2.37 bits per heavy atom. The van der Waals surface area contributed by atoms with E-state index in [9.17, 15) is 9.59 Å². The van der Waals surface area contributed by atoms with Gasteiger partial charge in [0.2, 0.25) is 0 Å². The van der Waals surface area contributed by atoms with Gasteiger partial charge in [-0.25, -0.2) is 0 Å². The van der Waals surface area contributed by atoms with Crippen LogP contribution in [-0.4, -0.2) is 54.4 Å². The molecule has 27 heavy (non-hydrogen) atoms. The molecule has 6 heteroatoms. The molecule has 2 aromatic carbocycles. The second-order valence-electron chi connectivity index (χ2n) is 6.61. The lowest BCUT2D eigenvalue weighted by Gasteiger charge is -2.22. The second kappa shape index (κ2) is 8.91. The lowest BCUT2D eigenvalue weighted by atomic mass is 10.2. The van der Waals surface area contributed by atoms with Gasteiger partial charge in [-0.2, -0.15) is 0 Å². The monoisotopic (exact) mass is 386 g/mol. The smallest absolute Gasteiger partial charge is 0.260 e. The van der Waals surface area contributed by atoms with Crippen molar-refractivity contribution in [3.63, 3.8) is 0 Å². The highest BCUT2D eigenvalue weighted by Gasteiger charge is 2.24. The van der Waals surface area contributed by atoms with E-state index in [1.165, 1.54) is 0 Å². The summed E-state index contributed by atoms with van der Waals surface area (Å²) >= 11 is 6.14. The molecule has 1 aliphatic rings. The molecule has 1 saturated heterocycles. The summed E-state index contributed by atoms with van der Waals surface area (Å²) in [6, 6.07) is 14.7. The van der Waals surface area contributed by atoms with Crippen molar-refractivity contribution in [2.24, 2.45) is 0 Å². The highest BCUT2D eigenvalue weighted by atomic mass is 35.5. The Labute approximate surface area is 164 Å². The van der Waals surface area contributed by atoms with Crippen LogP contribution in [0.15, 0.2) is 48.5 Å². The Morgan fingerprint density at radius 1 is 0.963 bits per heavy atom. The van der Waals surface area contributed by atoms with Gasteiger partial charge in [0.05, 0.1) is 10.6 Å². The number of benzene rings is 2. The van der Waals surface area contributed by atoms with Gasteiger partial charge in [0, 0.05) is 26.2 Å². The highest BCUT2D eigenvalue weighted by Crippen LogP contribution is 2.18. The molecule has 0 aromatic heterocycles. The zero-order chi connectivity index (χ0) is 19.2. The molecule has 0 bridgehead atoms. The standard InChI is InChI=1S/C21H23ClN2O3/c1-16-7-9-17(10-8-16)27-15-20(25)23-11-4-12-24(14-13-23)21(26)18-5-2-3-6-19(18)22/h2-3,5-10H,4,11-15H2,1H3. The quantitative estimate of drug-likeness (QED) is 0.809. The summed E-state index contributed by atoms with van der Waals surface area (Å²) in [5.74, 6) is 0.521. The van der Waals surface area contributed by atoms with Gasteiger partial charge in [0.15, 0.2) is 6.61 Å². The van der Waals surface area contributed by atoms with Crippen LogP contribution in [0.3, 0.4) is 0 Å². The fourth-order valence-electron chi connectivity index (χ4n) is 3.05. The predicted octanol–water partition coefficient (Wildman–Crippen LogP) is 3.40. The van der Waals surface area contributed by atoms with Crippen molar-refractivity contribution in [1.82, 2.24) is 9.80 Å². The molecular weight excluding hydrogens is 364 g/mol. The molecule has 2 aromatic rings. The summed E-state index contributed by atoms with van der Waals surface area (Å²) in [5.41, 5.74) is 1.64. The molecule has 3 rings (SSSR count). The summed E-state index contributed by atoms with van der Waals surface area (Å²) < 4.78 is 5.59. The second-order valence-corrected chi connectivity index (χ2v) is 7.02. The molecule has 0 aliphatic carbocycles. The Bertz CT molecular complexity index is 807. The van der Waals surface area contributed by atoms with E-state index in [4.69, 9.17) is 16.3 Å². The molecule has 0 saturated carbocycles. The zero-order valence-corrected chi connectivity index (χ0v) is 16.1. The third-order valence-electron chi connectivity index (χ3n) is 4.62. The summed E-state index contributed by atoms with van der Waals surface area (Å²) in [6.07, 6.45) is 0.729. The van der Waals surface area contributed by atoms with Crippen LogP contribution in [-0.2, 0) is 4.79 Å². The highest BCUT2D eigenvalue weighted by molar-refractivity contribution is 6.33. The first-order valence-electron chi connectivity index (χ1n) is 9.05. The van der Waals surface area contributed by atoms with Crippen LogP contribution in [0.5, 0.6) is 5.75 Å². The number of aryl methyl sites for hydroxylation is 1. The molecule has 1 fully saturated rings. The van der Waals surface area contributed by atoms with Crippen LogP contribution in [0, 0.1) is 6.92 Å². The number of amides is 2. The number of ether oxygens (including phenoxy) is 1. The summed E-state index contributed by atoms with van der Waals surface area (Å²) in [7, 11) is 0. The number of nitrogens with zero attached hydrogens (tertiary/aromatic N) is 2. The minimum absolute atomic E-state index is 0.00151. The van der Waals surface area contributed by atoms with Crippen molar-refractivity contribution in [1.29, 1.82) is 0 Å². The molecular formula is C21H23ClN2O3. The van der Waals surface area contributed by atoms with Gasteiger partial charge in [-0.1, -0.05) is 41.4 Å². The maximum absolute atomic E-state index is 12.7. The maximum atomic E-state index is 12.7. The van der Waals surface area contributed by atoms with E-state index in [1.807, 2.05) is 31.2 Å². The van der Waals surface area contributed by atoms with Crippen LogP contribution >= 0.6 is 11.6 Å². The van der Waals surface area contributed by atoms with E-state index in [1.54, 1.807) is 34.1 Å². The third-order valence-corrected chi connectivity index (χ3v) is 4.95. The first kappa shape index (κ1) is 19.2. The van der Waals surface area contributed by atoms with E-state index in [0.717, 1.165) is 12.0 Å². The Kier molecular flexibility index (Phi) is 6.35. The molecule has 0 N–H and O–H groups in total. The van der Waals surface area contributed by atoms with Gasteiger partial charge in [-0.3, -0.25) is 9.59 Å². The number of hydrogen-bond acceptors (Lipinski definition) is 3. The first-order valence-corrected chi connectivity index (χ1v) is 9.43. The van der Waals surface area contributed by atoms with Crippen LogP contribution in [0.2, 0.25) is 5.02 Å². The van der Waals surface area contributed by atoms with E-state index >= 15 is 0 Å². The average molecular weight is 387 g/mol. The van der Waals surface area contributed by atoms with E-state index in [0.29, 0.717) is 42.5 Å². The predicted molar refractivity (Wildman–Crippen MR) is 105 cm³/mol.